The minimum Gasteiger partial charge on any atom is -0.398 e. The van der Waals surface area contributed by atoms with E-state index in [1.807, 2.05) is 0 Å². The van der Waals surface area contributed by atoms with Gasteiger partial charge in [-0.2, -0.15) is 4.39 Å². The van der Waals surface area contributed by atoms with Gasteiger partial charge in [-0.1, -0.05) is 11.6 Å². The van der Waals surface area contributed by atoms with Crippen LogP contribution in [0.4, 0.5) is 21.5 Å². The summed E-state index contributed by atoms with van der Waals surface area (Å²) in [7, 11) is 0. The highest BCUT2D eigenvalue weighted by molar-refractivity contribution is 6.29. The van der Waals surface area contributed by atoms with Crippen LogP contribution in [0.2, 0.25) is 5.15 Å². The van der Waals surface area contributed by atoms with Gasteiger partial charge in [-0.3, -0.25) is 10.1 Å². The number of rotatable bonds is 5. The van der Waals surface area contributed by atoms with Gasteiger partial charge in [-0.05, 0) is 36.6 Å². The van der Waals surface area contributed by atoms with E-state index in [0.717, 1.165) is 11.6 Å². The van der Waals surface area contributed by atoms with E-state index in [1.54, 1.807) is 19.2 Å². The number of benzene rings is 1. The molecule has 2 aromatic rings. The second-order valence-electron chi connectivity index (χ2n) is 4.76. The highest BCUT2D eigenvalue weighted by Gasteiger charge is 2.16. The molecule has 0 bridgehead atoms. The van der Waals surface area contributed by atoms with E-state index in [2.05, 4.69) is 10.3 Å². The quantitative estimate of drug-likeness (QED) is 0.500. The zero-order chi connectivity index (χ0) is 16.3. The summed E-state index contributed by atoms with van der Waals surface area (Å²) in [4.78, 5) is 14.0. The minimum atomic E-state index is -0.848. The summed E-state index contributed by atoms with van der Waals surface area (Å²) in [5.41, 5.74) is 7.71. The lowest BCUT2D eigenvalue weighted by atomic mass is 10.1. The van der Waals surface area contributed by atoms with Gasteiger partial charge in [0.2, 0.25) is 5.82 Å². The van der Waals surface area contributed by atoms with Crippen LogP contribution in [0.3, 0.4) is 0 Å². The zero-order valence-corrected chi connectivity index (χ0v) is 12.5. The Kier molecular flexibility index (Phi) is 4.77. The van der Waals surface area contributed by atoms with Crippen molar-refractivity contribution in [3.8, 4) is 0 Å². The highest BCUT2D eigenvalue weighted by Crippen LogP contribution is 2.25. The molecule has 1 aromatic heterocycles. The molecule has 0 saturated carbocycles. The number of aryl methyl sites for hydroxylation is 1. The maximum atomic E-state index is 13.5. The first-order valence-corrected chi connectivity index (χ1v) is 6.84. The van der Waals surface area contributed by atoms with Crippen molar-refractivity contribution < 1.29 is 9.31 Å². The summed E-state index contributed by atoms with van der Waals surface area (Å²) in [6, 6.07) is 3.89. The largest absolute Gasteiger partial charge is 0.398 e. The van der Waals surface area contributed by atoms with Crippen molar-refractivity contribution in [3.63, 3.8) is 0 Å². The number of nitrogens with one attached hydrogen (secondary N) is 1. The summed E-state index contributed by atoms with van der Waals surface area (Å²) < 4.78 is 13.5. The first-order chi connectivity index (χ1) is 10.4. The van der Waals surface area contributed by atoms with Crippen molar-refractivity contribution in [1.29, 1.82) is 0 Å². The summed E-state index contributed by atoms with van der Waals surface area (Å²) in [6.07, 6.45) is 2.14. The molecule has 0 radical (unpaired) electrons. The molecular weight excluding hydrogens is 311 g/mol. The standard InChI is InChI=1S/C14H14ClFN4O2/c1-8-4-10(16)13(20(21)22)6-12(8)18-3-2-9-7-19-14(15)5-11(9)17/h4-7,18H,2-3H2,1H3,(H2,17,19). The van der Waals surface area contributed by atoms with Crippen molar-refractivity contribution in [2.45, 2.75) is 13.3 Å². The van der Waals surface area contributed by atoms with E-state index >= 15 is 0 Å². The zero-order valence-electron chi connectivity index (χ0n) is 11.8. The molecule has 0 aliphatic heterocycles. The summed E-state index contributed by atoms with van der Waals surface area (Å²) in [5.74, 6) is -0.848. The average molecular weight is 325 g/mol. The maximum absolute atomic E-state index is 13.5. The van der Waals surface area contributed by atoms with Gasteiger partial charge in [0.25, 0.3) is 0 Å². The lowest BCUT2D eigenvalue weighted by Crippen LogP contribution is -2.09. The van der Waals surface area contributed by atoms with Crippen LogP contribution in [-0.4, -0.2) is 16.5 Å². The van der Waals surface area contributed by atoms with E-state index in [1.165, 1.54) is 6.07 Å². The number of halogens is 2. The SMILES string of the molecule is Cc1cc(F)c([N+](=O)[O-])cc1NCCc1cnc(Cl)cc1N. The fourth-order valence-electron chi connectivity index (χ4n) is 2.00. The monoisotopic (exact) mass is 324 g/mol. The smallest absolute Gasteiger partial charge is 0.306 e. The third kappa shape index (κ3) is 3.62. The molecule has 0 spiro atoms. The lowest BCUT2D eigenvalue weighted by molar-refractivity contribution is -0.387. The van der Waals surface area contributed by atoms with Crippen LogP contribution in [0.25, 0.3) is 0 Å². The van der Waals surface area contributed by atoms with E-state index in [9.17, 15) is 14.5 Å². The molecule has 6 nitrogen and oxygen atoms in total. The molecular formula is C14H14ClFN4O2. The van der Waals surface area contributed by atoms with Crippen molar-refractivity contribution in [2.24, 2.45) is 0 Å². The first kappa shape index (κ1) is 16.0. The van der Waals surface area contributed by atoms with Gasteiger partial charge in [0, 0.05) is 30.2 Å². The second kappa shape index (κ2) is 6.57. The molecule has 3 N–H and O–H groups in total. The minimum absolute atomic E-state index is 0.319. The number of anilines is 2. The molecule has 116 valence electrons. The summed E-state index contributed by atoms with van der Waals surface area (Å²) >= 11 is 5.72. The average Bonchev–Trinajstić information content (AvgIpc) is 2.43. The number of nitrogen functional groups attached to an aromatic ring is 1. The molecule has 2 rings (SSSR count). The Hall–Kier alpha value is -2.41. The summed E-state index contributed by atoms with van der Waals surface area (Å²) in [5, 5.41) is 14.1. The predicted molar refractivity (Wildman–Crippen MR) is 83.6 cm³/mol. The van der Waals surface area contributed by atoms with Crippen LogP contribution in [0.15, 0.2) is 24.4 Å². The van der Waals surface area contributed by atoms with Gasteiger partial charge < -0.3 is 11.1 Å². The second-order valence-corrected chi connectivity index (χ2v) is 5.15. The molecule has 0 saturated heterocycles. The Bertz CT molecular complexity index is 724. The number of nitro benzene ring substituents is 1. The van der Waals surface area contributed by atoms with Crippen molar-refractivity contribution in [3.05, 3.63) is 56.6 Å². The fourth-order valence-corrected chi connectivity index (χ4v) is 2.17. The Morgan fingerprint density at radius 1 is 1.45 bits per heavy atom. The Morgan fingerprint density at radius 3 is 2.82 bits per heavy atom. The Labute approximate surface area is 131 Å². The van der Waals surface area contributed by atoms with Crippen molar-refractivity contribution in [2.75, 3.05) is 17.6 Å². The normalized spacial score (nSPS) is 10.5. The molecule has 0 aliphatic carbocycles. The number of pyridine rings is 1. The van der Waals surface area contributed by atoms with Crippen LogP contribution in [-0.2, 0) is 6.42 Å². The number of nitrogens with zero attached hydrogens (tertiary/aromatic N) is 2. The predicted octanol–water partition coefficient (Wildman–Crippen LogP) is 3.33. The number of aromatic nitrogens is 1. The Morgan fingerprint density at radius 2 is 2.18 bits per heavy atom. The van der Waals surface area contributed by atoms with Gasteiger partial charge in [-0.25, -0.2) is 4.98 Å². The Balaban J connectivity index is 2.08. The molecule has 1 aromatic carbocycles. The lowest BCUT2D eigenvalue weighted by Gasteiger charge is -2.11. The van der Waals surface area contributed by atoms with Gasteiger partial charge in [0.05, 0.1) is 4.92 Å². The number of hydrogen-bond acceptors (Lipinski definition) is 5. The topological polar surface area (TPSA) is 94.1 Å². The molecule has 0 fully saturated rings. The first-order valence-electron chi connectivity index (χ1n) is 6.47. The van der Waals surface area contributed by atoms with Gasteiger partial charge in [-0.15, -0.1) is 0 Å². The number of hydrogen-bond donors (Lipinski definition) is 2. The molecule has 0 atom stereocenters. The van der Waals surface area contributed by atoms with E-state index in [0.29, 0.717) is 35.1 Å². The van der Waals surface area contributed by atoms with Crippen LogP contribution in [0, 0.1) is 22.9 Å². The van der Waals surface area contributed by atoms with Crippen LogP contribution in [0.5, 0.6) is 0 Å². The molecule has 22 heavy (non-hydrogen) atoms. The van der Waals surface area contributed by atoms with E-state index < -0.39 is 16.4 Å². The molecule has 8 heteroatoms. The van der Waals surface area contributed by atoms with Gasteiger partial charge >= 0.3 is 5.69 Å². The van der Waals surface area contributed by atoms with Crippen LogP contribution in [0.1, 0.15) is 11.1 Å². The maximum Gasteiger partial charge on any atom is 0.306 e. The van der Waals surface area contributed by atoms with E-state index in [-0.39, 0.29) is 0 Å². The summed E-state index contributed by atoms with van der Waals surface area (Å²) in [6.45, 7) is 2.14. The van der Waals surface area contributed by atoms with Gasteiger partial charge in [0.1, 0.15) is 5.15 Å². The molecule has 0 aliphatic rings. The third-order valence-corrected chi connectivity index (χ3v) is 3.40. The molecule has 0 unspecified atom stereocenters. The van der Waals surface area contributed by atoms with Crippen molar-refractivity contribution in [1.82, 2.24) is 4.98 Å². The van der Waals surface area contributed by atoms with Crippen LogP contribution >= 0.6 is 11.6 Å². The van der Waals surface area contributed by atoms with E-state index in [4.69, 9.17) is 17.3 Å². The third-order valence-electron chi connectivity index (χ3n) is 3.19. The molecule has 0 amide bonds. The fraction of sp³-hybridized carbons (Fsp3) is 0.214. The molecule has 1 heterocycles. The highest BCUT2D eigenvalue weighted by atomic mass is 35.5. The van der Waals surface area contributed by atoms with Gasteiger partial charge in [0.15, 0.2) is 0 Å². The number of nitrogens with two attached hydrogens (primary N) is 1. The van der Waals surface area contributed by atoms with Crippen molar-refractivity contribution >= 4 is 28.7 Å². The number of nitro groups is 1. The van der Waals surface area contributed by atoms with Crippen LogP contribution < -0.4 is 11.1 Å².